The van der Waals surface area contributed by atoms with E-state index in [0.717, 1.165) is 18.7 Å². The van der Waals surface area contributed by atoms with Gasteiger partial charge in [-0.15, -0.1) is 0 Å². The Kier molecular flexibility index (Phi) is 7.41. The largest absolute Gasteiger partial charge is 0.480 e. The smallest absolute Gasteiger partial charge is 0.344 e. The van der Waals surface area contributed by atoms with Gasteiger partial charge in [-0.05, 0) is 37.1 Å². The lowest BCUT2D eigenvalue weighted by Crippen LogP contribution is -2.19. The summed E-state index contributed by atoms with van der Waals surface area (Å²) in [5, 5.41) is 3.84. The molecular formula is C15H22ClNO3. The summed E-state index contributed by atoms with van der Waals surface area (Å²) in [6.45, 7) is 8.01. The maximum Gasteiger partial charge on any atom is 0.344 e. The summed E-state index contributed by atoms with van der Waals surface area (Å²) in [5.74, 6) is 0.705. The van der Waals surface area contributed by atoms with Crippen molar-refractivity contribution in [2.24, 2.45) is 5.92 Å². The number of benzene rings is 1. The molecule has 0 amide bonds. The van der Waals surface area contributed by atoms with Crippen LogP contribution >= 0.6 is 11.6 Å². The van der Waals surface area contributed by atoms with E-state index < -0.39 is 5.97 Å². The molecule has 0 saturated heterocycles. The second kappa shape index (κ2) is 8.82. The lowest BCUT2D eigenvalue weighted by atomic mass is 10.2. The summed E-state index contributed by atoms with van der Waals surface area (Å²) in [6.07, 6.45) is 0. The van der Waals surface area contributed by atoms with E-state index in [1.165, 1.54) is 0 Å². The predicted molar refractivity (Wildman–Crippen MR) is 80.1 cm³/mol. The van der Waals surface area contributed by atoms with Gasteiger partial charge in [-0.1, -0.05) is 31.5 Å². The van der Waals surface area contributed by atoms with Crippen LogP contribution in [0.1, 0.15) is 26.3 Å². The van der Waals surface area contributed by atoms with Crippen LogP contribution in [0.4, 0.5) is 0 Å². The normalized spacial score (nSPS) is 10.7. The van der Waals surface area contributed by atoms with Crippen LogP contribution in [0.2, 0.25) is 5.02 Å². The molecule has 0 aliphatic heterocycles. The first kappa shape index (κ1) is 16.8. The van der Waals surface area contributed by atoms with Crippen molar-refractivity contribution in [1.29, 1.82) is 0 Å². The van der Waals surface area contributed by atoms with Crippen LogP contribution in [0.3, 0.4) is 0 Å². The SMILES string of the molecule is CCOC(=O)COc1ccc(CNCC(C)C)cc1Cl. The van der Waals surface area contributed by atoms with Crippen LogP contribution in [0.15, 0.2) is 18.2 Å². The first-order valence-corrected chi connectivity index (χ1v) is 7.18. The van der Waals surface area contributed by atoms with Crippen molar-refractivity contribution in [1.82, 2.24) is 5.32 Å². The van der Waals surface area contributed by atoms with Crippen molar-refractivity contribution < 1.29 is 14.3 Å². The second-order valence-electron chi connectivity index (χ2n) is 4.88. The van der Waals surface area contributed by atoms with E-state index in [4.69, 9.17) is 21.1 Å². The van der Waals surface area contributed by atoms with E-state index in [-0.39, 0.29) is 6.61 Å². The zero-order chi connectivity index (χ0) is 15.0. The third-order valence-corrected chi connectivity index (χ3v) is 2.82. The average molecular weight is 300 g/mol. The Hall–Kier alpha value is -1.26. The Bertz CT molecular complexity index is 435. The van der Waals surface area contributed by atoms with Crippen LogP contribution in [-0.4, -0.2) is 25.7 Å². The van der Waals surface area contributed by atoms with Gasteiger partial charge in [0.15, 0.2) is 6.61 Å². The molecule has 0 aromatic heterocycles. The molecule has 0 atom stereocenters. The van der Waals surface area contributed by atoms with Crippen molar-refractivity contribution in [3.8, 4) is 5.75 Å². The molecule has 0 heterocycles. The van der Waals surface area contributed by atoms with Gasteiger partial charge < -0.3 is 14.8 Å². The molecule has 0 aliphatic carbocycles. The summed E-state index contributed by atoms with van der Waals surface area (Å²) < 4.78 is 10.1. The monoisotopic (exact) mass is 299 g/mol. The number of carbonyl (C=O) groups is 1. The molecule has 1 aromatic carbocycles. The van der Waals surface area contributed by atoms with Crippen molar-refractivity contribution in [2.75, 3.05) is 19.8 Å². The summed E-state index contributed by atoms with van der Waals surface area (Å²) in [6, 6.07) is 5.54. The highest BCUT2D eigenvalue weighted by atomic mass is 35.5. The summed E-state index contributed by atoms with van der Waals surface area (Å²) in [5.41, 5.74) is 1.08. The van der Waals surface area contributed by atoms with E-state index in [1.54, 1.807) is 13.0 Å². The quantitative estimate of drug-likeness (QED) is 0.750. The van der Waals surface area contributed by atoms with Gasteiger partial charge in [0.2, 0.25) is 0 Å². The van der Waals surface area contributed by atoms with Crippen molar-refractivity contribution >= 4 is 17.6 Å². The molecule has 0 spiro atoms. The van der Waals surface area contributed by atoms with Gasteiger partial charge in [0.05, 0.1) is 11.6 Å². The summed E-state index contributed by atoms with van der Waals surface area (Å²) in [7, 11) is 0. The van der Waals surface area contributed by atoms with E-state index in [2.05, 4.69) is 19.2 Å². The molecule has 20 heavy (non-hydrogen) atoms. The summed E-state index contributed by atoms with van der Waals surface area (Å²) >= 11 is 6.13. The number of esters is 1. The van der Waals surface area contributed by atoms with E-state index in [1.807, 2.05) is 12.1 Å². The predicted octanol–water partition coefficient (Wildman–Crippen LogP) is 3.03. The fourth-order valence-corrected chi connectivity index (χ4v) is 1.87. The highest BCUT2D eigenvalue weighted by Crippen LogP contribution is 2.25. The number of hydrogen-bond donors (Lipinski definition) is 1. The molecule has 1 N–H and O–H groups in total. The van der Waals surface area contributed by atoms with Gasteiger partial charge in [0, 0.05) is 6.54 Å². The lowest BCUT2D eigenvalue weighted by Gasteiger charge is -2.10. The highest BCUT2D eigenvalue weighted by Gasteiger charge is 2.07. The molecule has 0 saturated carbocycles. The number of halogens is 1. The Morgan fingerprint density at radius 3 is 2.75 bits per heavy atom. The average Bonchev–Trinajstić information content (AvgIpc) is 2.37. The fourth-order valence-electron chi connectivity index (χ4n) is 1.62. The molecule has 1 aromatic rings. The molecule has 0 unspecified atom stereocenters. The van der Waals surface area contributed by atoms with Crippen LogP contribution in [0.25, 0.3) is 0 Å². The Balaban J connectivity index is 2.48. The molecule has 1 rings (SSSR count). The number of carbonyl (C=O) groups excluding carboxylic acids is 1. The maximum absolute atomic E-state index is 11.2. The van der Waals surface area contributed by atoms with Crippen LogP contribution in [0, 0.1) is 5.92 Å². The van der Waals surface area contributed by atoms with Crippen LogP contribution in [-0.2, 0) is 16.1 Å². The Labute approximate surface area is 125 Å². The van der Waals surface area contributed by atoms with Gasteiger partial charge >= 0.3 is 5.97 Å². The van der Waals surface area contributed by atoms with Gasteiger partial charge in [-0.3, -0.25) is 0 Å². The van der Waals surface area contributed by atoms with Gasteiger partial charge in [0.1, 0.15) is 5.75 Å². The highest BCUT2D eigenvalue weighted by molar-refractivity contribution is 6.32. The molecule has 5 heteroatoms. The van der Waals surface area contributed by atoms with Gasteiger partial charge in [0.25, 0.3) is 0 Å². The van der Waals surface area contributed by atoms with E-state index >= 15 is 0 Å². The summed E-state index contributed by atoms with van der Waals surface area (Å²) in [4.78, 5) is 11.2. The van der Waals surface area contributed by atoms with Crippen LogP contribution in [0.5, 0.6) is 5.75 Å². The molecule has 0 bridgehead atoms. The van der Waals surface area contributed by atoms with Gasteiger partial charge in [-0.2, -0.15) is 0 Å². The lowest BCUT2D eigenvalue weighted by molar-refractivity contribution is -0.145. The zero-order valence-electron chi connectivity index (χ0n) is 12.2. The standard InChI is InChI=1S/C15H22ClNO3/c1-4-19-15(18)10-20-14-6-5-12(7-13(14)16)9-17-8-11(2)3/h5-7,11,17H,4,8-10H2,1-3H3. The Morgan fingerprint density at radius 2 is 2.15 bits per heavy atom. The minimum atomic E-state index is -0.397. The topological polar surface area (TPSA) is 47.6 Å². The molecule has 0 radical (unpaired) electrons. The maximum atomic E-state index is 11.2. The molecule has 0 aliphatic rings. The minimum absolute atomic E-state index is 0.126. The van der Waals surface area contributed by atoms with E-state index in [9.17, 15) is 4.79 Å². The molecule has 112 valence electrons. The molecule has 0 fully saturated rings. The molecular weight excluding hydrogens is 278 g/mol. The Morgan fingerprint density at radius 1 is 1.40 bits per heavy atom. The molecule has 4 nitrogen and oxygen atoms in total. The van der Waals surface area contributed by atoms with Gasteiger partial charge in [-0.25, -0.2) is 4.79 Å². The number of ether oxygens (including phenoxy) is 2. The third-order valence-electron chi connectivity index (χ3n) is 2.53. The first-order chi connectivity index (χ1) is 9.52. The third kappa shape index (κ3) is 6.26. The second-order valence-corrected chi connectivity index (χ2v) is 5.29. The van der Waals surface area contributed by atoms with Crippen LogP contribution < -0.4 is 10.1 Å². The number of rotatable bonds is 8. The zero-order valence-corrected chi connectivity index (χ0v) is 13.0. The van der Waals surface area contributed by atoms with Crippen molar-refractivity contribution in [3.63, 3.8) is 0 Å². The van der Waals surface area contributed by atoms with E-state index in [0.29, 0.717) is 23.3 Å². The number of nitrogens with one attached hydrogen (secondary N) is 1. The van der Waals surface area contributed by atoms with Crippen molar-refractivity contribution in [3.05, 3.63) is 28.8 Å². The number of hydrogen-bond acceptors (Lipinski definition) is 4. The first-order valence-electron chi connectivity index (χ1n) is 6.80. The van der Waals surface area contributed by atoms with Crippen molar-refractivity contribution in [2.45, 2.75) is 27.3 Å². The fraction of sp³-hybridized carbons (Fsp3) is 0.533. The minimum Gasteiger partial charge on any atom is -0.480 e.